The summed E-state index contributed by atoms with van der Waals surface area (Å²) in [5.41, 5.74) is 5.90. The maximum atomic E-state index is 12.2. The van der Waals surface area contributed by atoms with Gasteiger partial charge in [-0.3, -0.25) is 0 Å². The van der Waals surface area contributed by atoms with E-state index in [0.29, 0.717) is 5.69 Å². The molecule has 2 aromatic carbocycles. The number of nitrogen functional groups attached to an aromatic ring is 1. The average molecular weight is 268 g/mol. The molecule has 2 aromatic rings. The zero-order chi connectivity index (χ0) is 12.5. The van der Waals surface area contributed by atoms with Crippen molar-refractivity contribution in [2.75, 3.05) is 5.73 Å². The molecular formula is C12H10ClNO2S. The van der Waals surface area contributed by atoms with Gasteiger partial charge in [0, 0.05) is 0 Å². The number of sulfone groups is 1. The van der Waals surface area contributed by atoms with Crippen LogP contribution in [0.2, 0.25) is 5.02 Å². The average Bonchev–Trinajstić information content (AvgIpc) is 2.33. The van der Waals surface area contributed by atoms with Crippen molar-refractivity contribution in [3.8, 4) is 0 Å². The van der Waals surface area contributed by atoms with Crippen molar-refractivity contribution >= 4 is 27.1 Å². The molecule has 88 valence electrons. The van der Waals surface area contributed by atoms with Crippen molar-refractivity contribution in [3.63, 3.8) is 0 Å². The monoisotopic (exact) mass is 267 g/mol. The molecule has 2 N–H and O–H groups in total. The van der Waals surface area contributed by atoms with Gasteiger partial charge in [0.05, 0.1) is 20.5 Å². The fourth-order valence-corrected chi connectivity index (χ4v) is 2.96. The highest BCUT2D eigenvalue weighted by Crippen LogP contribution is 2.26. The van der Waals surface area contributed by atoms with Gasteiger partial charge in [0.2, 0.25) is 9.84 Å². The summed E-state index contributed by atoms with van der Waals surface area (Å²) in [4.78, 5) is 0.378. The fraction of sp³-hybridized carbons (Fsp3) is 0. The molecule has 0 spiro atoms. The Morgan fingerprint density at radius 1 is 0.941 bits per heavy atom. The Balaban J connectivity index is 2.57. The number of anilines is 1. The highest BCUT2D eigenvalue weighted by atomic mass is 35.5. The van der Waals surface area contributed by atoms with Crippen LogP contribution in [0.5, 0.6) is 0 Å². The number of rotatable bonds is 2. The van der Waals surface area contributed by atoms with E-state index >= 15 is 0 Å². The zero-order valence-corrected chi connectivity index (χ0v) is 10.4. The first-order valence-electron chi connectivity index (χ1n) is 4.87. The number of halogens is 1. The lowest BCUT2D eigenvalue weighted by atomic mass is 10.3. The normalized spacial score (nSPS) is 11.4. The molecule has 0 radical (unpaired) electrons. The van der Waals surface area contributed by atoms with Crippen LogP contribution in [0.4, 0.5) is 5.69 Å². The second kappa shape index (κ2) is 4.39. The Bertz CT molecular complexity index is 639. The summed E-state index contributed by atoms with van der Waals surface area (Å²) in [6.07, 6.45) is 0. The van der Waals surface area contributed by atoms with Crippen LogP contribution >= 0.6 is 11.6 Å². The zero-order valence-electron chi connectivity index (χ0n) is 8.80. The highest BCUT2D eigenvalue weighted by Gasteiger charge is 2.17. The van der Waals surface area contributed by atoms with Gasteiger partial charge in [0.1, 0.15) is 0 Å². The summed E-state index contributed by atoms with van der Waals surface area (Å²) in [6, 6.07) is 12.5. The minimum Gasteiger partial charge on any atom is -0.398 e. The summed E-state index contributed by atoms with van der Waals surface area (Å²) < 4.78 is 24.4. The maximum absolute atomic E-state index is 12.2. The van der Waals surface area contributed by atoms with E-state index in [2.05, 4.69) is 0 Å². The summed E-state index contributed by atoms with van der Waals surface area (Å²) >= 11 is 5.82. The first-order chi connectivity index (χ1) is 8.01. The van der Waals surface area contributed by atoms with Crippen LogP contribution in [-0.4, -0.2) is 8.42 Å². The standard InChI is InChI=1S/C12H10ClNO2S/c13-11-8-10(6-7-12(11)14)17(15,16)9-4-2-1-3-5-9/h1-8H,14H2. The molecule has 3 nitrogen and oxygen atoms in total. The quantitative estimate of drug-likeness (QED) is 0.851. The van der Waals surface area contributed by atoms with Crippen molar-refractivity contribution in [1.82, 2.24) is 0 Å². The molecule has 0 heterocycles. The van der Waals surface area contributed by atoms with Gasteiger partial charge in [0.25, 0.3) is 0 Å². The van der Waals surface area contributed by atoms with Crippen LogP contribution in [0.3, 0.4) is 0 Å². The van der Waals surface area contributed by atoms with Crippen LogP contribution in [-0.2, 0) is 9.84 Å². The van der Waals surface area contributed by atoms with Crippen LogP contribution in [0.25, 0.3) is 0 Å². The van der Waals surface area contributed by atoms with E-state index in [-0.39, 0.29) is 14.8 Å². The van der Waals surface area contributed by atoms with E-state index in [1.807, 2.05) is 0 Å². The van der Waals surface area contributed by atoms with Crippen LogP contribution in [0.15, 0.2) is 58.3 Å². The first-order valence-corrected chi connectivity index (χ1v) is 6.73. The smallest absolute Gasteiger partial charge is 0.206 e. The molecule has 5 heteroatoms. The van der Waals surface area contributed by atoms with E-state index in [0.717, 1.165) is 0 Å². The van der Waals surface area contributed by atoms with Crippen molar-refractivity contribution in [3.05, 3.63) is 53.6 Å². The van der Waals surface area contributed by atoms with Gasteiger partial charge in [-0.15, -0.1) is 0 Å². The molecule has 0 unspecified atom stereocenters. The van der Waals surface area contributed by atoms with Gasteiger partial charge in [-0.25, -0.2) is 8.42 Å². The SMILES string of the molecule is Nc1ccc(S(=O)(=O)c2ccccc2)cc1Cl. The summed E-state index contributed by atoms with van der Waals surface area (Å²) in [5, 5.41) is 0.238. The molecule has 0 atom stereocenters. The van der Waals surface area contributed by atoms with Gasteiger partial charge in [-0.1, -0.05) is 29.8 Å². The van der Waals surface area contributed by atoms with Gasteiger partial charge < -0.3 is 5.73 Å². The third-order valence-corrected chi connectivity index (χ3v) is 4.43. The van der Waals surface area contributed by atoms with Gasteiger partial charge >= 0.3 is 0 Å². The molecule has 0 bridgehead atoms. The van der Waals surface area contributed by atoms with Crippen molar-refractivity contribution < 1.29 is 8.42 Å². The van der Waals surface area contributed by atoms with Crippen molar-refractivity contribution in [1.29, 1.82) is 0 Å². The molecule has 0 aliphatic heterocycles. The lowest BCUT2D eigenvalue weighted by Crippen LogP contribution is -2.02. The summed E-state index contributed by atoms with van der Waals surface area (Å²) in [6.45, 7) is 0. The van der Waals surface area contributed by atoms with Crippen molar-refractivity contribution in [2.45, 2.75) is 9.79 Å². The number of hydrogen-bond donors (Lipinski definition) is 1. The topological polar surface area (TPSA) is 60.2 Å². The van der Waals surface area contributed by atoms with Gasteiger partial charge in [-0.05, 0) is 30.3 Å². The second-order valence-electron chi connectivity index (χ2n) is 3.50. The van der Waals surface area contributed by atoms with E-state index in [4.69, 9.17) is 17.3 Å². The van der Waals surface area contributed by atoms with Gasteiger partial charge in [0.15, 0.2) is 0 Å². The van der Waals surface area contributed by atoms with E-state index in [9.17, 15) is 8.42 Å². The molecule has 0 fully saturated rings. The Morgan fingerprint density at radius 3 is 2.18 bits per heavy atom. The predicted octanol–water partition coefficient (Wildman–Crippen LogP) is 2.76. The largest absolute Gasteiger partial charge is 0.398 e. The minimum absolute atomic E-state index is 0.142. The molecule has 0 amide bonds. The summed E-state index contributed by atoms with van der Waals surface area (Å²) in [5.74, 6) is 0. The summed E-state index contributed by atoms with van der Waals surface area (Å²) in [7, 11) is -3.52. The van der Waals surface area contributed by atoms with Crippen LogP contribution in [0, 0.1) is 0 Å². The fourth-order valence-electron chi connectivity index (χ4n) is 1.41. The number of benzene rings is 2. The molecule has 17 heavy (non-hydrogen) atoms. The van der Waals surface area contributed by atoms with E-state index in [1.165, 1.54) is 18.2 Å². The molecule has 0 saturated heterocycles. The van der Waals surface area contributed by atoms with Crippen LogP contribution in [0.1, 0.15) is 0 Å². The second-order valence-corrected chi connectivity index (χ2v) is 5.86. The predicted molar refractivity (Wildman–Crippen MR) is 67.8 cm³/mol. The first kappa shape index (κ1) is 12.0. The maximum Gasteiger partial charge on any atom is 0.206 e. The molecular weight excluding hydrogens is 258 g/mol. The molecule has 0 aliphatic carbocycles. The lowest BCUT2D eigenvalue weighted by Gasteiger charge is -2.05. The third kappa shape index (κ3) is 2.28. The number of hydrogen-bond acceptors (Lipinski definition) is 3. The lowest BCUT2D eigenvalue weighted by molar-refractivity contribution is 0.596. The molecule has 0 aliphatic rings. The third-order valence-electron chi connectivity index (χ3n) is 2.34. The molecule has 2 rings (SSSR count). The Hall–Kier alpha value is -1.52. The van der Waals surface area contributed by atoms with E-state index < -0.39 is 9.84 Å². The van der Waals surface area contributed by atoms with Gasteiger partial charge in [-0.2, -0.15) is 0 Å². The van der Waals surface area contributed by atoms with Crippen LogP contribution < -0.4 is 5.73 Å². The minimum atomic E-state index is -3.52. The Labute approximate surface area is 105 Å². The molecule has 0 saturated carbocycles. The van der Waals surface area contributed by atoms with E-state index in [1.54, 1.807) is 30.3 Å². The Kier molecular flexibility index (Phi) is 3.09. The molecule has 0 aromatic heterocycles. The number of nitrogens with two attached hydrogens (primary N) is 1. The van der Waals surface area contributed by atoms with Crippen molar-refractivity contribution in [2.24, 2.45) is 0 Å². The highest BCUT2D eigenvalue weighted by molar-refractivity contribution is 7.91. The Morgan fingerprint density at radius 2 is 1.59 bits per heavy atom.